The molecule has 0 atom stereocenters. The van der Waals surface area contributed by atoms with Crippen molar-refractivity contribution in [2.45, 2.75) is 13.5 Å². The summed E-state index contributed by atoms with van der Waals surface area (Å²) in [5, 5.41) is 0. The Kier molecular flexibility index (Phi) is 2.80. The average molecular weight is 167 g/mol. The van der Waals surface area contributed by atoms with Crippen molar-refractivity contribution in [3.63, 3.8) is 0 Å². The molecule has 64 valence electrons. The van der Waals surface area contributed by atoms with Gasteiger partial charge in [-0.1, -0.05) is 6.07 Å². The second-order valence-corrected chi connectivity index (χ2v) is 2.48. The lowest BCUT2D eigenvalue weighted by Gasteiger charge is -1.98. The third-order valence-corrected chi connectivity index (χ3v) is 1.47. The van der Waals surface area contributed by atoms with Gasteiger partial charge in [0.2, 0.25) is 0 Å². The van der Waals surface area contributed by atoms with E-state index in [2.05, 4.69) is 0 Å². The summed E-state index contributed by atoms with van der Waals surface area (Å²) in [5.74, 6) is -0.272. The first-order valence-electron chi connectivity index (χ1n) is 3.68. The van der Waals surface area contributed by atoms with E-state index in [1.807, 2.05) is 0 Å². The molecule has 12 heavy (non-hydrogen) atoms. The molecule has 0 N–H and O–H groups in total. The molecule has 0 aliphatic rings. The minimum atomic E-state index is -0.272. The molecule has 0 aromatic carbocycles. The highest BCUT2D eigenvalue weighted by atomic mass is 19.1. The number of pyridine rings is 1. The van der Waals surface area contributed by atoms with E-state index in [-0.39, 0.29) is 11.4 Å². The fourth-order valence-electron chi connectivity index (χ4n) is 0.836. The Labute approximate surface area is 70.0 Å². The van der Waals surface area contributed by atoms with Gasteiger partial charge in [0.05, 0.1) is 5.83 Å². The van der Waals surface area contributed by atoms with Gasteiger partial charge in [-0.15, -0.1) is 0 Å². The van der Waals surface area contributed by atoms with E-state index in [4.69, 9.17) is 0 Å². The maximum Gasteiger partial charge on any atom is 0.250 e. The maximum absolute atomic E-state index is 12.3. The van der Waals surface area contributed by atoms with Gasteiger partial charge in [0, 0.05) is 18.8 Å². The van der Waals surface area contributed by atoms with Gasteiger partial charge in [-0.2, -0.15) is 0 Å². The Morgan fingerprint density at radius 2 is 2.42 bits per heavy atom. The van der Waals surface area contributed by atoms with Gasteiger partial charge < -0.3 is 4.57 Å². The lowest BCUT2D eigenvalue weighted by molar-refractivity contribution is 0.624. The molecule has 3 heteroatoms. The molecule has 1 aromatic heterocycles. The number of aromatic nitrogens is 1. The van der Waals surface area contributed by atoms with E-state index in [0.29, 0.717) is 6.54 Å². The molecular formula is C9H10FNO. The van der Waals surface area contributed by atoms with Gasteiger partial charge in [-0.25, -0.2) is 4.39 Å². The summed E-state index contributed by atoms with van der Waals surface area (Å²) in [4.78, 5) is 11.0. The highest BCUT2D eigenvalue weighted by Crippen LogP contribution is 1.93. The Balaban J connectivity index is 2.84. The van der Waals surface area contributed by atoms with Crippen LogP contribution in [0.5, 0.6) is 0 Å². The van der Waals surface area contributed by atoms with E-state index in [1.54, 1.807) is 18.3 Å². The molecule has 0 aliphatic heterocycles. The number of allylic oxidation sites excluding steroid dienone is 2. The smallest absolute Gasteiger partial charge is 0.250 e. The summed E-state index contributed by atoms with van der Waals surface area (Å²) in [6.45, 7) is 1.65. The first-order valence-corrected chi connectivity index (χ1v) is 3.68. The molecule has 0 saturated carbocycles. The molecule has 1 heterocycles. The van der Waals surface area contributed by atoms with Crippen molar-refractivity contribution < 1.29 is 4.39 Å². The Hall–Kier alpha value is -1.38. The largest absolute Gasteiger partial charge is 0.312 e. The Morgan fingerprint density at radius 3 is 3.00 bits per heavy atom. The highest BCUT2D eigenvalue weighted by Gasteiger charge is 1.90. The predicted molar refractivity (Wildman–Crippen MR) is 45.6 cm³/mol. The highest BCUT2D eigenvalue weighted by molar-refractivity contribution is 4.96. The number of hydrogen-bond acceptors (Lipinski definition) is 1. The van der Waals surface area contributed by atoms with Crippen LogP contribution in [-0.4, -0.2) is 4.57 Å². The van der Waals surface area contributed by atoms with E-state index >= 15 is 0 Å². The molecule has 0 bridgehead atoms. The van der Waals surface area contributed by atoms with Gasteiger partial charge in [0.25, 0.3) is 5.56 Å². The van der Waals surface area contributed by atoms with Crippen molar-refractivity contribution >= 4 is 0 Å². The molecule has 1 rings (SSSR count). The number of nitrogens with zero attached hydrogens (tertiary/aromatic N) is 1. The van der Waals surface area contributed by atoms with Crippen LogP contribution in [0, 0.1) is 0 Å². The van der Waals surface area contributed by atoms with Crippen molar-refractivity contribution in [3.05, 3.63) is 46.7 Å². The predicted octanol–water partition coefficient (Wildman–Crippen LogP) is 1.72. The fraction of sp³-hybridized carbons (Fsp3) is 0.222. The van der Waals surface area contributed by atoms with Crippen LogP contribution >= 0.6 is 0 Å². The Morgan fingerprint density at radius 1 is 1.67 bits per heavy atom. The van der Waals surface area contributed by atoms with Crippen molar-refractivity contribution in [2.75, 3.05) is 0 Å². The van der Waals surface area contributed by atoms with Crippen LogP contribution in [0.3, 0.4) is 0 Å². The molecule has 0 spiro atoms. The zero-order chi connectivity index (χ0) is 8.97. The van der Waals surface area contributed by atoms with Crippen LogP contribution in [0.1, 0.15) is 6.92 Å². The summed E-state index contributed by atoms with van der Waals surface area (Å²) in [6, 6.07) is 4.84. The van der Waals surface area contributed by atoms with Crippen molar-refractivity contribution in [2.24, 2.45) is 0 Å². The normalized spacial score (nSPS) is 11.7. The zero-order valence-electron chi connectivity index (χ0n) is 6.83. The minimum Gasteiger partial charge on any atom is -0.312 e. The summed E-state index contributed by atoms with van der Waals surface area (Å²) < 4.78 is 13.7. The first-order chi connectivity index (χ1) is 5.70. The van der Waals surface area contributed by atoms with Crippen LogP contribution in [0.4, 0.5) is 4.39 Å². The molecule has 0 saturated heterocycles. The third-order valence-electron chi connectivity index (χ3n) is 1.47. The van der Waals surface area contributed by atoms with Gasteiger partial charge >= 0.3 is 0 Å². The average Bonchev–Trinajstić information content (AvgIpc) is 2.03. The van der Waals surface area contributed by atoms with Gasteiger partial charge in [-0.3, -0.25) is 4.79 Å². The molecule has 2 nitrogen and oxygen atoms in total. The fourth-order valence-corrected chi connectivity index (χ4v) is 0.836. The summed E-state index contributed by atoms with van der Waals surface area (Å²) in [5.41, 5.74) is -0.116. The van der Waals surface area contributed by atoms with Crippen LogP contribution in [0.25, 0.3) is 0 Å². The molecule has 1 aromatic rings. The van der Waals surface area contributed by atoms with E-state index in [0.717, 1.165) is 0 Å². The molecule has 0 amide bonds. The quantitative estimate of drug-likeness (QED) is 0.657. The van der Waals surface area contributed by atoms with Crippen LogP contribution in [0.2, 0.25) is 0 Å². The Bertz CT molecular complexity index is 336. The van der Waals surface area contributed by atoms with Gasteiger partial charge in [-0.05, 0) is 19.1 Å². The monoisotopic (exact) mass is 167 g/mol. The lowest BCUT2D eigenvalue weighted by Crippen LogP contribution is -2.16. The summed E-state index contributed by atoms with van der Waals surface area (Å²) >= 11 is 0. The van der Waals surface area contributed by atoms with Crippen LogP contribution in [-0.2, 0) is 6.54 Å². The van der Waals surface area contributed by atoms with E-state index in [1.165, 1.54) is 23.6 Å². The van der Waals surface area contributed by atoms with Crippen molar-refractivity contribution in [1.82, 2.24) is 4.57 Å². The number of hydrogen-bond donors (Lipinski definition) is 0. The molecular weight excluding hydrogens is 157 g/mol. The molecule has 0 unspecified atom stereocenters. The standard InChI is InChI=1S/C9H10FNO/c1-8(10)5-7-11-6-3-2-4-9(11)12/h2-6H,7H2,1H3/b8-5+. The first kappa shape index (κ1) is 8.71. The zero-order valence-corrected chi connectivity index (χ0v) is 6.83. The molecule has 0 aliphatic carbocycles. The summed E-state index contributed by atoms with van der Waals surface area (Å²) in [7, 11) is 0. The number of halogens is 1. The molecule has 0 fully saturated rings. The second-order valence-electron chi connectivity index (χ2n) is 2.48. The second kappa shape index (κ2) is 3.85. The third kappa shape index (κ3) is 2.34. The van der Waals surface area contributed by atoms with Gasteiger partial charge in [0.15, 0.2) is 0 Å². The van der Waals surface area contributed by atoms with Crippen molar-refractivity contribution in [1.29, 1.82) is 0 Å². The minimum absolute atomic E-state index is 0.116. The summed E-state index contributed by atoms with van der Waals surface area (Å²) in [6.07, 6.45) is 2.99. The van der Waals surface area contributed by atoms with Gasteiger partial charge in [0.1, 0.15) is 0 Å². The van der Waals surface area contributed by atoms with Crippen LogP contribution in [0.15, 0.2) is 41.1 Å². The molecule has 0 radical (unpaired) electrons. The van der Waals surface area contributed by atoms with E-state index < -0.39 is 0 Å². The maximum atomic E-state index is 12.3. The van der Waals surface area contributed by atoms with Crippen LogP contribution < -0.4 is 5.56 Å². The lowest BCUT2D eigenvalue weighted by atomic mass is 10.4. The topological polar surface area (TPSA) is 22.0 Å². The number of rotatable bonds is 2. The SMILES string of the molecule is C/C(F)=C\Cn1ccccc1=O. The van der Waals surface area contributed by atoms with E-state index in [9.17, 15) is 9.18 Å². The van der Waals surface area contributed by atoms with Crippen molar-refractivity contribution in [3.8, 4) is 0 Å².